The summed E-state index contributed by atoms with van der Waals surface area (Å²) in [5.74, 6) is -7.94. The Labute approximate surface area is 437 Å². The molecule has 25 heteroatoms. The number of aromatic nitrogens is 3. The number of aromatic amines is 2. The lowest BCUT2D eigenvalue weighted by Gasteiger charge is -2.28. The van der Waals surface area contributed by atoms with Gasteiger partial charge in [-0.3, -0.25) is 43.3 Å². The largest absolute Gasteiger partial charge is 0.480 e. The minimum atomic E-state index is -1.61. The van der Waals surface area contributed by atoms with E-state index in [-0.39, 0.29) is 76.8 Å². The second kappa shape index (κ2) is 29.0. The van der Waals surface area contributed by atoms with Crippen molar-refractivity contribution in [3.63, 3.8) is 0 Å². The maximum atomic E-state index is 14.7. The highest BCUT2D eigenvalue weighted by Gasteiger charge is 2.35. The smallest absolute Gasteiger partial charge is 0.326 e. The van der Waals surface area contributed by atoms with Gasteiger partial charge < -0.3 is 69.1 Å². The second-order valence-electron chi connectivity index (χ2n) is 18.3. The number of unbranched alkanes of at least 4 members (excludes halogenated alkanes) is 1. The van der Waals surface area contributed by atoms with Gasteiger partial charge in [0.25, 0.3) is 0 Å². The third-order valence-corrected chi connectivity index (χ3v) is 12.6. The molecule has 4 aromatic rings. The highest BCUT2D eigenvalue weighted by atomic mass is 35.5. The fourth-order valence-electron chi connectivity index (χ4n) is 8.37. The number of carboxylic acid groups (broad SMARTS) is 1. The van der Waals surface area contributed by atoms with Crippen molar-refractivity contribution >= 4 is 81.7 Å². The van der Waals surface area contributed by atoms with Gasteiger partial charge in [-0.15, -0.1) is 0 Å². The van der Waals surface area contributed by atoms with E-state index in [4.69, 9.17) is 23.1 Å². The molecule has 0 saturated carbocycles. The van der Waals surface area contributed by atoms with Crippen molar-refractivity contribution < 1.29 is 48.3 Å². The molecule has 0 spiro atoms. The molecule has 2 aromatic heterocycles. The maximum absolute atomic E-state index is 14.7. The van der Waals surface area contributed by atoms with E-state index in [0.717, 1.165) is 10.9 Å². The lowest BCUT2D eigenvalue weighted by atomic mass is 10.0. The van der Waals surface area contributed by atoms with Gasteiger partial charge in [0.2, 0.25) is 47.3 Å². The van der Waals surface area contributed by atoms with Gasteiger partial charge in [0.05, 0.1) is 12.7 Å². The van der Waals surface area contributed by atoms with E-state index < -0.39 is 102 Å². The van der Waals surface area contributed by atoms with Crippen LogP contribution in [-0.4, -0.2) is 135 Å². The number of fused-ring (bicyclic) bond motifs is 1. The number of carbonyl (C=O) groups is 9. The summed E-state index contributed by atoms with van der Waals surface area (Å²) in [5, 5.41) is 32.6. The van der Waals surface area contributed by atoms with Crippen LogP contribution in [0.5, 0.6) is 0 Å². The SMILES string of the molecule is CCCC[C@H](NC(C)=O)C(=O)N[C@H]1CC(=O)NCCCC[C@@H](C(=O)O)NC(=O)[C@H](Cc2c[nH]c3ccccc23)NC(=O)[C@H](CCCN=C(N)N)NC(=O)[C@@H](Cc2ccc(Cl)cc2)NC(=O)[C@H](Cc2cnc[nH]2)NC1=O. The van der Waals surface area contributed by atoms with Crippen molar-refractivity contribution in [2.75, 3.05) is 13.1 Å². The number of amides is 8. The predicted octanol–water partition coefficient (Wildman–Crippen LogP) is 0.00440. The van der Waals surface area contributed by atoms with E-state index in [9.17, 15) is 48.3 Å². The lowest BCUT2D eigenvalue weighted by molar-refractivity contribution is -0.142. The standard InChI is InChI=1S/C50H67ClN14O10/c1-3-4-11-35(59-28(2)66)43(68)65-41-24-42(67)55-19-8-7-13-37(49(74)75)61-46(71)39(22-30-25-57-34-12-6-5-10-33(30)34)63-44(69)36(14-9-20-56-50(52)53)60-45(70)38(21-29-15-17-31(51)18-16-29)62-47(72)40(64-48(41)73)23-32-26-54-27-58-32/h5-6,10,12,15-18,25-27,35-41,57H,3-4,7-9,11,13-14,19-24H2,1-2H3,(H,54,58)(H,55,67)(H,59,66)(H,60,70)(H,61,71)(H,62,72)(H,63,69)(H,64,73)(H,65,68)(H,74,75)(H4,52,53,56)/t35-,36-,37-,38+,39-,40-,41-/m0/s1. The number of rotatable bonds is 17. The zero-order valence-corrected chi connectivity index (χ0v) is 42.6. The Bertz CT molecular complexity index is 2640. The Morgan fingerprint density at radius 3 is 2.13 bits per heavy atom. The van der Waals surface area contributed by atoms with Crippen molar-refractivity contribution in [3.05, 3.63) is 89.1 Å². The van der Waals surface area contributed by atoms with E-state index in [2.05, 4.69) is 62.5 Å². The fraction of sp³-hybridized carbons (Fsp3) is 0.460. The van der Waals surface area contributed by atoms with Crippen LogP contribution >= 0.6 is 11.6 Å². The molecule has 5 rings (SSSR count). The molecule has 2 aromatic carbocycles. The molecule has 7 atom stereocenters. The number of benzene rings is 2. The topological polar surface area (TPSA) is 379 Å². The van der Waals surface area contributed by atoms with Crippen molar-refractivity contribution in [1.82, 2.24) is 57.5 Å². The summed E-state index contributed by atoms with van der Waals surface area (Å²) < 4.78 is 0. The molecule has 404 valence electrons. The Hall–Kier alpha value is -8.02. The summed E-state index contributed by atoms with van der Waals surface area (Å²) in [5.41, 5.74) is 13.4. The van der Waals surface area contributed by atoms with E-state index in [1.165, 1.54) is 19.4 Å². The molecule has 15 N–H and O–H groups in total. The summed E-state index contributed by atoms with van der Waals surface area (Å²) in [6, 6.07) is 3.80. The monoisotopic (exact) mass is 1060 g/mol. The first-order valence-corrected chi connectivity index (χ1v) is 25.2. The van der Waals surface area contributed by atoms with Crippen LogP contribution in [0.25, 0.3) is 10.9 Å². The number of imidazole rings is 1. The van der Waals surface area contributed by atoms with Gasteiger partial charge in [0, 0.05) is 73.3 Å². The minimum Gasteiger partial charge on any atom is -0.480 e. The van der Waals surface area contributed by atoms with Crippen molar-refractivity contribution in [2.45, 2.75) is 133 Å². The van der Waals surface area contributed by atoms with Crippen LogP contribution in [-0.2, 0) is 62.4 Å². The highest BCUT2D eigenvalue weighted by molar-refractivity contribution is 6.30. The van der Waals surface area contributed by atoms with Gasteiger partial charge in [0.15, 0.2) is 5.96 Å². The molecule has 0 bridgehead atoms. The first kappa shape index (κ1) is 57.9. The Morgan fingerprint density at radius 2 is 1.47 bits per heavy atom. The number of para-hydroxylation sites is 1. The number of nitrogens with two attached hydrogens (primary N) is 2. The molecule has 0 unspecified atom stereocenters. The number of guanidine groups is 1. The van der Waals surface area contributed by atoms with E-state index in [1.807, 2.05) is 25.1 Å². The number of carboxylic acids is 1. The molecule has 24 nitrogen and oxygen atoms in total. The minimum absolute atomic E-state index is 0.00285. The third-order valence-electron chi connectivity index (χ3n) is 12.3. The van der Waals surface area contributed by atoms with Crippen LogP contribution in [0.15, 0.2) is 72.2 Å². The summed E-state index contributed by atoms with van der Waals surface area (Å²) in [4.78, 5) is 139. The third kappa shape index (κ3) is 18.8. The molecular formula is C50H67ClN14O10. The van der Waals surface area contributed by atoms with Crippen LogP contribution in [0.1, 0.15) is 88.5 Å². The number of aliphatic carboxylic acids is 1. The van der Waals surface area contributed by atoms with Crippen molar-refractivity contribution in [2.24, 2.45) is 16.5 Å². The van der Waals surface area contributed by atoms with Crippen LogP contribution in [0, 0.1) is 0 Å². The number of carbonyl (C=O) groups excluding carboxylic acids is 8. The number of hydrogen-bond acceptors (Lipinski definition) is 11. The molecule has 8 amide bonds. The molecule has 1 aliphatic rings. The molecule has 3 heterocycles. The fourth-order valence-corrected chi connectivity index (χ4v) is 8.50. The molecular weight excluding hydrogens is 992 g/mol. The van der Waals surface area contributed by atoms with Gasteiger partial charge in [-0.25, -0.2) is 9.78 Å². The summed E-state index contributed by atoms with van der Waals surface area (Å²) in [6.45, 7) is 3.16. The predicted molar refractivity (Wildman–Crippen MR) is 277 cm³/mol. The van der Waals surface area contributed by atoms with E-state index in [1.54, 1.807) is 36.5 Å². The van der Waals surface area contributed by atoms with Gasteiger partial charge in [-0.05, 0) is 67.9 Å². The average molecular weight is 1060 g/mol. The highest BCUT2D eigenvalue weighted by Crippen LogP contribution is 2.20. The zero-order valence-electron chi connectivity index (χ0n) is 41.8. The molecule has 1 saturated heterocycles. The molecule has 1 fully saturated rings. The molecule has 0 aliphatic carbocycles. The normalized spacial score (nSPS) is 21.2. The van der Waals surface area contributed by atoms with E-state index in [0.29, 0.717) is 34.7 Å². The van der Waals surface area contributed by atoms with Crippen LogP contribution in [0.4, 0.5) is 0 Å². The number of nitrogens with one attached hydrogen (secondary N) is 10. The molecule has 75 heavy (non-hydrogen) atoms. The Balaban J connectivity index is 1.56. The lowest BCUT2D eigenvalue weighted by Crippen LogP contribution is -2.61. The first-order valence-electron chi connectivity index (χ1n) is 24.8. The van der Waals surface area contributed by atoms with Gasteiger partial charge >= 0.3 is 5.97 Å². The molecule has 0 radical (unpaired) electrons. The number of H-pyrrole nitrogens is 2. The van der Waals surface area contributed by atoms with Crippen molar-refractivity contribution in [3.8, 4) is 0 Å². The van der Waals surface area contributed by atoms with Gasteiger partial charge in [-0.2, -0.15) is 0 Å². The van der Waals surface area contributed by atoms with E-state index >= 15 is 0 Å². The summed E-state index contributed by atoms with van der Waals surface area (Å²) >= 11 is 6.20. The quantitative estimate of drug-likeness (QED) is 0.0377. The van der Waals surface area contributed by atoms with Crippen LogP contribution in [0.2, 0.25) is 5.02 Å². The summed E-state index contributed by atoms with van der Waals surface area (Å²) in [7, 11) is 0. The number of nitrogens with zero attached hydrogens (tertiary/aromatic N) is 2. The average Bonchev–Trinajstić information content (AvgIpc) is 4.04. The van der Waals surface area contributed by atoms with Crippen molar-refractivity contribution in [1.29, 1.82) is 0 Å². The summed E-state index contributed by atoms with van der Waals surface area (Å²) in [6.07, 6.45) is 5.08. The van der Waals surface area contributed by atoms with Gasteiger partial charge in [-0.1, -0.05) is 61.7 Å². The Kier molecular flexibility index (Phi) is 22.4. The molecule has 1 aliphatic heterocycles. The first-order chi connectivity index (χ1) is 35.9. The Morgan fingerprint density at radius 1 is 0.813 bits per heavy atom. The number of hydrogen-bond donors (Lipinski definition) is 13. The second-order valence-corrected chi connectivity index (χ2v) is 18.7. The maximum Gasteiger partial charge on any atom is 0.326 e. The zero-order chi connectivity index (χ0) is 54.4. The number of aliphatic imine (C=N–C) groups is 1. The van der Waals surface area contributed by atoms with Crippen LogP contribution < -0.4 is 54.0 Å². The number of halogens is 1. The van der Waals surface area contributed by atoms with Crippen LogP contribution in [0.3, 0.4) is 0 Å². The van der Waals surface area contributed by atoms with Gasteiger partial charge in [0.1, 0.15) is 42.3 Å².